The molecule has 162 valence electrons. The number of likely N-dealkylation sites (N-methyl/N-ethyl adjacent to an activating group) is 1. The lowest BCUT2D eigenvalue weighted by molar-refractivity contribution is 0.0893. The SMILES string of the molecule is COCCn1c(N)c(C(=O)CN(C)C2CCC(c3ccccc3)CC2)c(=O)[nH]c1=O. The second-order valence-electron chi connectivity index (χ2n) is 7.92. The van der Waals surface area contributed by atoms with Gasteiger partial charge in [0.15, 0.2) is 5.78 Å². The first-order valence-electron chi connectivity index (χ1n) is 10.3. The second kappa shape index (κ2) is 9.86. The Bertz CT molecular complexity index is 975. The Morgan fingerprint density at radius 2 is 1.87 bits per heavy atom. The van der Waals surface area contributed by atoms with Gasteiger partial charge in [0.25, 0.3) is 5.56 Å². The number of ketones is 1. The third kappa shape index (κ3) is 4.88. The molecule has 1 heterocycles. The molecule has 0 bridgehead atoms. The van der Waals surface area contributed by atoms with E-state index in [0.29, 0.717) is 5.92 Å². The van der Waals surface area contributed by atoms with Crippen molar-refractivity contribution in [3.63, 3.8) is 0 Å². The summed E-state index contributed by atoms with van der Waals surface area (Å²) in [4.78, 5) is 41.3. The number of aromatic amines is 1. The smallest absolute Gasteiger partial charge is 0.330 e. The van der Waals surface area contributed by atoms with Crippen LogP contribution in [0.15, 0.2) is 39.9 Å². The standard InChI is InChI=1S/C22H30N4O4/c1-25(17-10-8-16(9-11-17)15-6-4-3-5-7-15)14-18(27)19-20(23)26(12-13-30-2)22(29)24-21(19)28/h3-7,16-17H,8-14,23H2,1-2H3,(H,24,28,29). The topological polar surface area (TPSA) is 110 Å². The molecule has 1 fully saturated rings. The fraction of sp³-hybridized carbons (Fsp3) is 0.500. The average Bonchev–Trinajstić information content (AvgIpc) is 2.74. The molecule has 3 rings (SSSR count). The van der Waals surface area contributed by atoms with Gasteiger partial charge in [-0.1, -0.05) is 30.3 Å². The maximum absolute atomic E-state index is 12.9. The number of Topliss-reactive ketones (excluding diaryl/α,β-unsaturated/α-hetero) is 1. The van der Waals surface area contributed by atoms with Gasteiger partial charge in [0.05, 0.1) is 19.7 Å². The number of nitrogens with zero attached hydrogens (tertiary/aromatic N) is 2. The number of methoxy groups -OCH3 is 1. The van der Waals surface area contributed by atoms with E-state index < -0.39 is 11.2 Å². The zero-order valence-electron chi connectivity index (χ0n) is 17.6. The molecule has 0 amide bonds. The van der Waals surface area contributed by atoms with E-state index in [1.54, 1.807) is 0 Å². The molecule has 0 saturated heterocycles. The predicted molar refractivity (Wildman–Crippen MR) is 116 cm³/mol. The van der Waals surface area contributed by atoms with E-state index in [2.05, 4.69) is 29.2 Å². The number of ether oxygens (including phenoxy) is 1. The van der Waals surface area contributed by atoms with E-state index in [1.165, 1.54) is 17.2 Å². The predicted octanol–water partition coefficient (Wildman–Crippen LogP) is 1.61. The third-order valence-electron chi connectivity index (χ3n) is 6.02. The molecule has 30 heavy (non-hydrogen) atoms. The Labute approximate surface area is 175 Å². The van der Waals surface area contributed by atoms with Gasteiger partial charge in [0.1, 0.15) is 11.4 Å². The van der Waals surface area contributed by atoms with Crippen LogP contribution in [-0.4, -0.2) is 53.6 Å². The number of carbonyl (C=O) groups is 1. The molecule has 0 aliphatic heterocycles. The second-order valence-corrected chi connectivity index (χ2v) is 7.92. The summed E-state index contributed by atoms with van der Waals surface area (Å²) < 4.78 is 6.14. The van der Waals surface area contributed by atoms with Crippen LogP contribution in [0, 0.1) is 0 Å². The van der Waals surface area contributed by atoms with Crippen LogP contribution in [0.25, 0.3) is 0 Å². The maximum Gasteiger partial charge on any atom is 0.330 e. The Morgan fingerprint density at radius 3 is 2.50 bits per heavy atom. The molecule has 0 atom stereocenters. The Kier molecular flexibility index (Phi) is 7.23. The Hall–Kier alpha value is -2.71. The molecule has 1 aromatic carbocycles. The normalized spacial score (nSPS) is 19.2. The summed E-state index contributed by atoms with van der Waals surface area (Å²) in [5, 5.41) is 0. The molecule has 3 N–H and O–H groups in total. The van der Waals surface area contributed by atoms with Crippen molar-refractivity contribution in [3.8, 4) is 0 Å². The minimum Gasteiger partial charge on any atom is -0.384 e. The molecule has 1 saturated carbocycles. The minimum atomic E-state index is -0.739. The number of nitrogens with two attached hydrogens (primary N) is 1. The zero-order valence-corrected chi connectivity index (χ0v) is 17.6. The van der Waals surface area contributed by atoms with Gasteiger partial charge in [-0.15, -0.1) is 0 Å². The van der Waals surface area contributed by atoms with Gasteiger partial charge < -0.3 is 10.5 Å². The van der Waals surface area contributed by atoms with Gasteiger partial charge in [0, 0.05) is 13.2 Å². The highest BCUT2D eigenvalue weighted by Crippen LogP contribution is 2.34. The summed E-state index contributed by atoms with van der Waals surface area (Å²) >= 11 is 0. The molecule has 1 aromatic heterocycles. The molecule has 0 radical (unpaired) electrons. The maximum atomic E-state index is 12.9. The van der Waals surface area contributed by atoms with Crippen LogP contribution in [0.5, 0.6) is 0 Å². The summed E-state index contributed by atoms with van der Waals surface area (Å²) in [6.45, 7) is 0.488. The van der Waals surface area contributed by atoms with Crippen molar-refractivity contribution in [1.29, 1.82) is 0 Å². The molecular formula is C22H30N4O4. The number of nitrogens with one attached hydrogen (secondary N) is 1. The number of H-pyrrole nitrogens is 1. The first-order chi connectivity index (χ1) is 14.4. The highest BCUT2D eigenvalue weighted by atomic mass is 16.5. The molecule has 0 spiro atoms. The first-order valence-corrected chi connectivity index (χ1v) is 10.3. The highest BCUT2D eigenvalue weighted by molar-refractivity contribution is 6.01. The van der Waals surface area contributed by atoms with Crippen molar-refractivity contribution in [2.75, 3.05) is 33.0 Å². The summed E-state index contributed by atoms with van der Waals surface area (Å²) in [7, 11) is 3.40. The summed E-state index contributed by atoms with van der Waals surface area (Å²) in [6, 6.07) is 10.8. The van der Waals surface area contributed by atoms with Crippen LogP contribution in [0.3, 0.4) is 0 Å². The Morgan fingerprint density at radius 1 is 1.20 bits per heavy atom. The van der Waals surface area contributed by atoms with Crippen LogP contribution >= 0.6 is 0 Å². The van der Waals surface area contributed by atoms with Crippen molar-refractivity contribution >= 4 is 11.6 Å². The fourth-order valence-corrected chi connectivity index (χ4v) is 4.27. The molecule has 8 heteroatoms. The number of nitrogen functional groups attached to an aromatic ring is 1. The van der Waals surface area contributed by atoms with E-state index in [-0.39, 0.29) is 42.9 Å². The van der Waals surface area contributed by atoms with Crippen LogP contribution in [0.2, 0.25) is 0 Å². The van der Waals surface area contributed by atoms with Crippen molar-refractivity contribution in [3.05, 3.63) is 62.3 Å². The monoisotopic (exact) mass is 414 g/mol. The van der Waals surface area contributed by atoms with E-state index in [0.717, 1.165) is 25.7 Å². The number of benzene rings is 1. The number of anilines is 1. The number of hydrogen-bond acceptors (Lipinski definition) is 6. The van der Waals surface area contributed by atoms with Gasteiger partial charge in [0.2, 0.25) is 0 Å². The summed E-state index contributed by atoms with van der Waals surface area (Å²) in [5.74, 6) is 0.0639. The van der Waals surface area contributed by atoms with E-state index in [4.69, 9.17) is 10.5 Å². The van der Waals surface area contributed by atoms with Crippen molar-refractivity contribution in [2.45, 2.75) is 44.2 Å². The quantitative estimate of drug-likeness (QED) is 0.635. The zero-order chi connectivity index (χ0) is 21.7. The lowest BCUT2D eigenvalue weighted by atomic mass is 9.81. The third-order valence-corrected chi connectivity index (χ3v) is 6.02. The largest absolute Gasteiger partial charge is 0.384 e. The van der Waals surface area contributed by atoms with Crippen molar-refractivity contribution in [1.82, 2.24) is 14.5 Å². The average molecular weight is 415 g/mol. The molecule has 8 nitrogen and oxygen atoms in total. The van der Waals surface area contributed by atoms with Gasteiger partial charge in [-0.2, -0.15) is 0 Å². The number of carbonyl (C=O) groups excluding carboxylic acids is 1. The van der Waals surface area contributed by atoms with Crippen LogP contribution in [-0.2, 0) is 11.3 Å². The van der Waals surface area contributed by atoms with Crippen molar-refractivity contribution < 1.29 is 9.53 Å². The Balaban J connectivity index is 1.66. The minimum absolute atomic E-state index is 0.0798. The molecule has 2 aromatic rings. The number of aromatic nitrogens is 2. The lowest BCUT2D eigenvalue weighted by Gasteiger charge is -2.34. The fourth-order valence-electron chi connectivity index (χ4n) is 4.27. The van der Waals surface area contributed by atoms with E-state index in [9.17, 15) is 14.4 Å². The van der Waals surface area contributed by atoms with Crippen LogP contribution in [0.4, 0.5) is 5.82 Å². The van der Waals surface area contributed by atoms with Gasteiger partial charge in [-0.3, -0.25) is 24.0 Å². The highest BCUT2D eigenvalue weighted by Gasteiger charge is 2.27. The van der Waals surface area contributed by atoms with E-state index in [1.807, 2.05) is 18.0 Å². The van der Waals surface area contributed by atoms with Crippen molar-refractivity contribution in [2.24, 2.45) is 0 Å². The molecule has 1 aliphatic carbocycles. The number of rotatable bonds is 8. The molecule has 1 aliphatic rings. The number of hydrogen-bond donors (Lipinski definition) is 2. The molecule has 0 unspecified atom stereocenters. The van der Waals surface area contributed by atoms with Crippen LogP contribution < -0.4 is 17.0 Å². The summed E-state index contributed by atoms with van der Waals surface area (Å²) in [6.07, 6.45) is 4.11. The molecular weight excluding hydrogens is 384 g/mol. The lowest BCUT2D eigenvalue weighted by Crippen LogP contribution is -2.42. The first kappa shape index (κ1) is 22.0. The van der Waals surface area contributed by atoms with Gasteiger partial charge >= 0.3 is 5.69 Å². The van der Waals surface area contributed by atoms with Crippen LogP contribution in [0.1, 0.15) is 47.5 Å². The van der Waals surface area contributed by atoms with E-state index >= 15 is 0 Å². The van der Waals surface area contributed by atoms with Gasteiger partial charge in [-0.25, -0.2) is 4.79 Å². The summed E-state index contributed by atoms with van der Waals surface area (Å²) in [5.41, 5.74) is 5.84. The van der Waals surface area contributed by atoms with Gasteiger partial charge in [-0.05, 0) is 44.2 Å².